The van der Waals surface area contributed by atoms with Crippen molar-refractivity contribution in [2.45, 2.75) is 24.7 Å². The first kappa shape index (κ1) is 33.9. The highest BCUT2D eigenvalue weighted by Crippen LogP contribution is 2.64. The summed E-state index contributed by atoms with van der Waals surface area (Å²) in [6, 6.07) is 79.0. The van der Waals surface area contributed by atoms with E-state index in [2.05, 4.69) is 231 Å². The summed E-state index contributed by atoms with van der Waals surface area (Å²) in [5.74, 6) is 0. The van der Waals surface area contributed by atoms with E-state index in [1.54, 1.807) is 0 Å². The molecule has 1 spiro atoms. The lowest BCUT2D eigenvalue weighted by atomic mass is 9.70. The van der Waals surface area contributed by atoms with Crippen LogP contribution >= 0.6 is 0 Å². The van der Waals surface area contributed by atoms with Gasteiger partial charge in [0.2, 0.25) is 0 Å². The molecule has 0 heterocycles. The lowest BCUT2D eigenvalue weighted by Crippen LogP contribution is -2.25. The van der Waals surface area contributed by atoms with Crippen LogP contribution in [0.4, 0.5) is 17.1 Å². The van der Waals surface area contributed by atoms with Crippen LogP contribution in [0.1, 0.15) is 47.2 Å². The first-order valence-electron chi connectivity index (χ1n) is 20.8. The number of hydrogen-bond acceptors (Lipinski definition) is 1. The molecular weight excluding hydrogens is 711 g/mol. The Labute approximate surface area is 346 Å². The standard InChI is InChI=1S/C58H41N/c1-57(2)49-25-11-6-20-44(49)47-36-35-41(37-54(47)57)59(55-30-15-10-19-42(55)38-17-4-3-5-18-38)40-33-31-39(32-34-40)43-24-16-29-53-56(43)48-23-9-14-28-52(48)58(53)50-26-12-7-21-45(50)46-22-8-13-27-51(46)58/h3-37H,1-2H3. The van der Waals surface area contributed by atoms with Crippen LogP contribution in [0.2, 0.25) is 0 Å². The van der Waals surface area contributed by atoms with E-state index >= 15 is 0 Å². The molecule has 0 saturated carbocycles. The quantitative estimate of drug-likeness (QED) is 0.169. The fourth-order valence-electron chi connectivity index (χ4n) is 11.0. The molecule has 9 aromatic carbocycles. The Morgan fingerprint density at radius 1 is 0.305 bits per heavy atom. The Morgan fingerprint density at radius 2 is 0.763 bits per heavy atom. The molecule has 12 rings (SSSR count). The summed E-state index contributed by atoms with van der Waals surface area (Å²) < 4.78 is 0. The van der Waals surface area contributed by atoms with Crippen LogP contribution in [0.3, 0.4) is 0 Å². The number of nitrogens with zero attached hydrogens (tertiary/aromatic N) is 1. The van der Waals surface area contributed by atoms with Gasteiger partial charge in [0, 0.05) is 22.4 Å². The van der Waals surface area contributed by atoms with Gasteiger partial charge in [0.15, 0.2) is 0 Å². The van der Waals surface area contributed by atoms with Crippen molar-refractivity contribution in [2.75, 3.05) is 4.90 Å². The molecule has 0 amide bonds. The van der Waals surface area contributed by atoms with Gasteiger partial charge < -0.3 is 4.90 Å². The first-order chi connectivity index (χ1) is 29.0. The summed E-state index contributed by atoms with van der Waals surface area (Å²) in [5.41, 5.74) is 24.0. The molecule has 0 atom stereocenters. The summed E-state index contributed by atoms with van der Waals surface area (Å²) in [7, 11) is 0. The van der Waals surface area contributed by atoms with Crippen molar-refractivity contribution in [2.24, 2.45) is 0 Å². The highest BCUT2D eigenvalue weighted by Gasteiger charge is 2.52. The number of fused-ring (bicyclic) bond motifs is 13. The molecule has 3 aliphatic carbocycles. The molecule has 3 aliphatic rings. The summed E-state index contributed by atoms with van der Waals surface area (Å²) in [5, 5.41) is 0. The van der Waals surface area contributed by atoms with E-state index in [4.69, 9.17) is 0 Å². The van der Waals surface area contributed by atoms with Crippen LogP contribution in [0.25, 0.3) is 55.6 Å². The first-order valence-corrected chi connectivity index (χ1v) is 20.8. The zero-order chi connectivity index (χ0) is 39.3. The van der Waals surface area contributed by atoms with Crippen LogP contribution in [0, 0.1) is 0 Å². The minimum absolute atomic E-state index is 0.113. The Bertz CT molecular complexity index is 3090. The number of benzene rings is 9. The maximum Gasteiger partial charge on any atom is 0.0725 e. The summed E-state index contributed by atoms with van der Waals surface area (Å²) in [4.78, 5) is 2.46. The minimum Gasteiger partial charge on any atom is -0.310 e. The van der Waals surface area contributed by atoms with Gasteiger partial charge in [-0.1, -0.05) is 196 Å². The molecule has 0 saturated heterocycles. The van der Waals surface area contributed by atoms with Crippen molar-refractivity contribution in [3.63, 3.8) is 0 Å². The summed E-state index contributed by atoms with van der Waals surface area (Å²) in [6.07, 6.45) is 0. The molecule has 0 fully saturated rings. The molecule has 278 valence electrons. The predicted molar refractivity (Wildman–Crippen MR) is 246 cm³/mol. The third-order valence-electron chi connectivity index (χ3n) is 13.5. The third-order valence-corrected chi connectivity index (χ3v) is 13.5. The Hall–Kier alpha value is -7.22. The summed E-state index contributed by atoms with van der Waals surface area (Å²) in [6.45, 7) is 4.73. The van der Waals surface area contributed by atoms with Gasteiger partial charge in [-0.25, -0.2) is 0 Å². The molecule has 0 aliphatic heterocycles. The number of rotatable bonds is 5. The Kier molecular flexibility index (Phi) is 7.26. The van der Waals surface area contributed by atoms with Crippen LogP contribution in [0.5, 0.6) is 0 Å². The smallest absolute Gasteiger partial charge is 0.0725 e. The molecule has 59 heavy (non-hydrogen) atoms. The second-order valence-electron chi connectivity index (χ2n) is 16.8. The predicted octanol–water partition coefficient (Wildman–Crippen LogP) is 15.1. The van der Waals surface area contributed by atoms with Gasteiger partial charge in [0.05, 0.1) is 11.1 Å². The Morgan fingerprint density at radius 3 is 1.44 bits per heavy atom. The van der Waals surface area contributed by atoms with Gasteiger partial charge in [-0.15, -0.1) is 0 Å². The van der Waals surface area contributed by atoms with Gasteiger partial charge in [-0.2, -0.15) is 0 Å². The zero-order valence-electron chi connectivity index (χ0n) is 33.2. The average molecular weight is 752 g/mol. The molecular formula is C58H41N. The average Bonchev–Trinajstić information content (AvgIpc) is 3.86. The van der Waals surface area contributed by atoms with Crippen molar-refractivity contribution < 1.29 is 0 Å². The van der Waals surface area contributed by atoms with E-state index in [-0.39, 0.29) is 10.8 Å². The largest absolute Gasteiger partial charge is 0.310 e. The second kappa shape index (κ2) is 12.6. The highest BCUT2D eigenvalue weighted by atomic mass is 15.1. The highest BCUT2D eigenvalue weighted by molar-refractivity contribution is 6.00. The monoisotopic (exact) mass is 751 g/mol. The third kappa shape index (κ3) is 4.67. The van der Waals surface area contributed by atoms with E-state index in [1.165, 1.54) is 89.0 Å². The van der Waals surface area contributed by atoms with Crippen molar-refractivity contribution in [1.29, 1.82) is 0 Å². The maximum atomic E-state index is 2.46. The normalized spacial score (nSPS) is 14.2. The second-order valence-corrected chi connectivity index (χ2v) is 16.8. The van der Waals surface area contributed by atoms with Crippen molar-refractivity contribution in [3.05, 3.63) is 246 Å². The molecule has 0 bridgehead atoms. The molecule has 0 aromatic heterocycles. The van der Waals surface area contributed by atoms with Crippen LogP contribution in [-0.4, -0.2) is 0 Å². The number of anilines is 3. The lowest BCUT2D eigenvalue weighted by molar-refractivity contribution is 0.660. The van der Waals surface area contributed by atoms with Gasteiger partial charge >= 0.3 is 0 Å². The van der Waals surface area contributed by atoms with Crippen molar-refractivity contribution in [3.8, 4) is 55.6 Å². The maximum absolute atomic E-state index is 2.46. The minimum atomic E-state index is -0.367. The van der Waals surface area contributed by atoms with Gasteiger partial charge in [-0.05, 0) is 114 Å². The molecule has 0 N–H and O–H groups in total. The Balaban J connectivity index is 1.03. The van der Waals surface area contributed by atoms with Gasteiger partial charge in [0.25, 0.3) is 0 Å². The molecule has 1 heteroatoms. The lowest BCUT2D eigenvalue weighted by Gasteiger charge is -2.30. The SMILES string of the molecule is CC1(C)c2ccccc2-c2ccc(N(c3ccc(-c4cccc5c4-c4ccccc4C54c5ccccc5-c5ccccc54)cc3)c3ccccc3-c3ccccc3)cc21. The molecule has 0 unspecified atom stereocenters. The fourth-order valence-corrected chi connectivity index (χ4v) is 11.0. The van der Waals surface area contributed by atoms with Crippen molar-refractivity contribution >= 4 is 17.1 Å². The van der Waals surface area contributed by atoms with Crippen LogP contribution < -0.4 is 4.90 Å². The summed E-state index contributed by atoms with van der Waals surface area (Å²) >= 11 is 0. The number of hydrogen-bond donors (Lipinski definition) is 0. The van der Waals surface area contributed by atoms with E-state index in [1.807, 2.05) is 0 Å². The van der Waals surface area contributed by atoms with Crippen LogP contribution in [0.15, 0.2) is 212 Å². The topological polar surface area (TPSA) is 3.24 Å². The zero-order valence-corrected chi connectivity index (χ0v) is 33.2. The molecule has 1 nitrogen and oxygen atoms in total. The van der Waals surface area contributed by atoms with Crippen LogP contribution in [-0.2, 0) is 10.8 Å². The van der Waals surface area contributed by atoms with E-state index in [0.717, 1.165) is 17.1 Å². The molecule has 9 aromatic rings. The molecule has 0 radical (unpaired) electrons. The number of para-hydroxylation sites is 1. The van der Waals surface area contributed by atoms with Gasteiger partial charge in [0.1, 0.15) is 0 Å². The van der Waals surface area contributed by atoms with Crippen molar-refractivity contribution in [1.82, 2.24) is 0 Å². The van der Waals surface area contributed by atoms with E-state index in [0.29, 0.717) is 0 Å². The van der Waals surface area contributed by atoms with Gasteiger partial charge in [-0.3, -0.25) is 0 Å². The van der Waals surface area contributed by atoms with E-state index < -0.39 is 0 Å². The fraction of sp³-hybridized carbons (Fsp3) is 0.0690. The van der Waals surface area contributed by atoms with E-state index in [9.17, 15) is 0 Å².